The van der Waals surface area contributed by atoms with E-state index in [1.165, 1.54) is 0 Å². The molecule has 3 aromatic carbocycles. The second-order valence-corrected chi connectivity index (χ2v) is 8.55. The van der Waals surface area contributed by atoms with Crippen LogP contribution in [0, 0.1) is 0 Å². The van der Waals surface area contributed by atoms with Crippen molar-refractivity contribution >= 4 is 33.4 Å². The Morgan fingerprint density at radius 3 is 2.18 bits per heavy atom. The standard InChI is InChI=1S/C27H27BrN2O4/c1-31-24-12-5-8-18(26(24)33-3)14-15-20-17-23(22-11-7-13-25(32-2)27(22)34-4)30(29-20)21-10-6-9-19(28)16-21/h5-16,23H,17H2,1-4H3/b15-14+. The minimum absolute atomic E-state index is 0.0637. The molecule has 0 radical (unpaired) electrons. The lowest BCUT2D eigenvalue weighted by Crippen LogP contribution is -2.19. The molecule has 0 saturated heterocycles. The molecule has 0 fully saturated rings. The summed E-state index contributed by atoms with van der Waals surface area (Å²) in [5.41, 5.74) is 3.83. The van der Waals surface area contributed by atoms with Crippen LogP contribution in [0.2, 0.25) is 0 Å². The summed E-state index contributed by atoms with van der Waals surface area (Å²) in [6, 6.07) is 19.8. The molecular weight excluding hydrogens is 496 g/mol. The molecule has 0 saturated carbocycles. The molecular formula is C27H27BrN2O4. The SMILES string of the molecule is COc1cccc(/C=C/C2=NN(c3cccc(Br)c3)C(c3cccc(OC)c3OC)C2)c1OC. The zero-order valence-electron chi connectivity index (χ0n) is 19.6. The Hall–Kier alpha value is -3.45. The molecule has 34 heavy (non-hydrogen) atoms. The summed E-state index contributed by atoms with van der Waals surface area (Å²) in [5, 5.41) is 7.01. The fourth-order valence-electron chi connectivity index (χ4n) is 4.14. The lowest BCUT2D eigenvalue weighted by molar-refractivity contribution is 0.349. The van der Waals surface area contributed by atoms with Gasteiger partial charge in [0.25, 0.3) is 0 Å². The van der Waals surface area contributed by atoms with Crippen LogP contribution >= 0.6 is 15.9 Å². The molecule has 0 aromatic heterocycles. The number of benzene rings is 3. The number of methoxy groups -OCH3 is 4. The highest BCUT2D eigenvalue weighted by Crippen LogP contribution is 2.43. The van der Waals surface area contributed by atoms with Gasteiger partial charge in [-0.2, -0.15) is 5.10 Å². The van der Waals surface area contributed by atoms with E-state index in [9.17, 15) is 0 Å². The molecule has 7 heteroatoms. The van der Waals surface area contributed by atoms with E-state index in [4.69, 9.17) is 24.0 Å². The summed E-state index contributed by atoms with van der Waals surface area (Å²) in [6.07, 6.45) is 4.72. The predicted octanol–water partition coefficient (Wildman–Crippen LogP) is 6.50. The van der Waals surface area contributed by atoms with E-state index in [2.05, 4.69) is 28.1 Å². The van der Waals surface area contributed by atoms with Crippen LogP contribution in [-0.2, 0) is 0 Å². The first-order valence-electron chi connectivity index (χ1n) is 10.8. The quantitative estimate of drug-likeness (QED) is 0.337. The van der Waals surface area contributed by atoms with Crippen LogP contribution < -0.4 is 24.0 Å². The Balaban J connectivity index is 1.74. The van der Waals surface area contributed by atoms with Gasteiger partial charge in [0.2, 0.25) is 0 Å². The van der Waals surface area contributed by atoms with Crippen molar-refractivity contribution < 1.29 is 18.9 Å². The highest BCUT2D eigenvalue weighted by atomic mass is 79.9. The van der Waals surface area contributed by atoms with E-state index in [1.807, 2.05) is 65.7 Å². The first-order valence-corrected chi connectivity index (χ1v) is 11.6. The average molecular weight is 523 g/mol. The molecule has 4 rings (SSSR count). The van der Waals surface area contributed by atoms with Crippen molar-refractivity contribution in [3.05, 3.63) is 82.3 Å². The maximum atomic E-state index is 5.75. The van der Waals surface area contributed by atoms with Crippen molar-refractivity contribution in [2.75, 3.05) is 33.4 Å². The lowest BCUT2D eigenvalue weighted by Gasteiger charge is -2.26. The molecule has 0 spiro atoms. The Kier molecular flexibility index (Phi) is 7.43. The monoisotopic (exact) mass is 522 g/mol. The van der Waals surface area contributed by atoms with Crippen molar-refractivity contribution in [2.45, 2.75) is 12.5 Å². The van der Waals surface area contributed by atoms with E-state index in [0.29, 0.717) is 29.4 Å². The molecule has 1 heterocycles. The number of hydrogen-bond acceptors (Lipinski definition) is 6. The molecule has 1 aliphatic rings. The Morgan fingerprint density at radius 1 is 0.824 bits per heavy atom. The second kappa shape index (κ2) is 10.7. The molecule has 3 aromatic rings. The summed E-state index contributed by atoms with van der Waals surface area (Å²) in [4.78, 5) is 0. The highest BCUT2D eigenvalue weighted by Gasteiger charge is 2.31. The van der Waals surface area contributed by atoms with Crippen LogP contribution in [0.25, 0.3) is 6.08 Å². The fraction of sp³-hybridized carbons (Fsp3) is 0.222. The summed E-state index contributed by atoms with van der Waals surface area (Å²) < 4.78 is 23.3. The lowest BCUT2D eigenvalue weighted by atomic mass is 9.99. The summed E-state index contributed by atoms with van der Waals surface area (Å²) >= 11 is 3.58. The molecule has 1 unspecified atom stereocenters. The fourth-order valence-corrected chi connectivity index (χ4v) is 4.52. The maximum absolute atomic E-state index is 5.75. The van der Waals surface area contributed by atoms with Crippen LogP contribution in [0.3, 0.4) is 0 Å². The topological polar surface area (TPSA) is 52.5 Å². The molecule has 0 N–H and O–H groups in total. The van der Waals surface area contributed by atoms with Gasteiger partial charge in [-0.3, -0.25) is 5.01 Å². The van der Waals surface area contributed by atoms with Gasteiger partial charge in [0, 0.05) is 22.0 Å². The highest BCUT2D eigenvalue weighted by molar-refractivity contribution is 9.10. The Labute approximate surface area is 208 Å². The van der Waals surface area contributed by atoms with Crippen molar-refractivity contribution in [1.82, 2.24) is 0 Å². The van der Waals surface area contributed by atoms with Gasteiger partial charge in [0.05, 0.1) is 45.9 Å². The Bertz CT molecular complexity index is 1230. The molecule has 1 atom stereocenters. The third-order valence-corrected chi connectivity index (χ3v) is 6.18. The van der Waals surface area contributed by atoms with Crippen LogP contribution in [0.15, 0.2) is 76.3 Å². The van der Waals surface area contributed by atoms with Crippen molar-refractivity contribution in [3.8, 4) is 23.0 Å². The van der Waals surface area contributed by atoms with Gasteiger partial charge in [0.15, 0.2) is 23.0 Å². The number of halogens is 1. The van der Waals surface area contributed by atoms with Gasteiger partial charge in [-0.05, 0) is 42.5 Å². The van der Waals surface area contributed by atoms with Gasteiger partial charge in [-0.1, -0.05) is 46.3 Å². The number of nitrogens with zero attached hydrogens (tertiary/aromatic N) is 2. The molecule has 1 aliphatic heterocycles. The van der Waals surface area contributed by atoms with Gasteiger partial charge in [-0.15, -0.1) is 0 Å². The van der Waals surface area contributed by atoms with E-state index in [-0.39, 0.29) is 6.04 Å². The predicted molar refractivity (Wildman–Crippen MR) is 140 cm³/mol. The van der Waals surface area contributed by atoms with Gasteiger partial charge >= 0.3 is 0 Å². The molecule has 6 nitrogen and oxygen atoms in total. The van der Waals surface area contributed by atoms with Gasteiger partial charge in [0.1, 0.15) is 0 Å². The minimum atomic E-state index is -0.0637. The Morgan fingerprint density at radius 2 is 1.50 bits per heavy atom. The number of para-hydroxylation sites is 2. The van der Waals surface area contributed by atoms with E-state index in [1.54, 1.807) is 28.4 Å². The third-order valence-electron chi connectivity index (χ3n) is 5.69. The smallest absolute Gasteiger partial charge is 0.167 e. The van der Waals surface area contributed by atoms with Crippen molar-refractivity contribution in [3.63, 3.8) is 0 Å². The van der Waals surface area contributed by atoms with Crippen LogP contribution in [0.1, 0.15) is 23.6 Å². The molecule has 0 amide bonds. The van der Waals surface area contributed by atoms with Crippen LogP contribution in [0.5, 0.6) is 23.0 Å². The summed E-state index contributed by atoms with van der Waals surface area (Å²) in [7, 11) is 6.59. The first kappa shape index (κ1) is 23.7. The molecule has 176 valence electrons. The summed E-state index contributed by atoms with van der Waals surface area (Å²) in [5.74, 6) is 2.78. The zero-order chi connectivity index (χ0) is 24.1. The normalized spacial score (nSPS) is 15.4. The van der Waals surface area contributed by atoms with Gasteiger partial charge < -0.3 is 18.9 Å². The van der Waals surface area contributed by atoms with Crippen LogP contribution in [-0.4, -0.2) is 34.2 Å². The number of rotatable bonds is 8. The van der Waals surface area contributed by atoms with Gasteiger partial charge in [-0.25, -0.2) is 0 Å². The number of allylic oxidation sites excluding steroid dienone is 1. The summed E-state index contributed by atoms with van der Waals surface area (Å²) in [6.45, 7) is 0. The number of hydrazone groups is 1. The number of anilines is 1. The maximum Gasteiger partial charge on any atom is 0.167 e. The number of ether oxygens (including phenoxy) is 4. The first-order chi connectivity index (χ1) is 16.6. The second-order valence-electron chi connectivity index (χ2n) is 7.63. The number of hydrogen-bond donors (Lipinski definition) is 0. The molecule has 0 bridgehead atoms. The van der Waals surface area contributed by atoms with Crippen LogP contribution in [0.4, 0.5) is 5.69 Å². The largest absolute Gasteiger partial charge is 0.493 e. The zero-order valence-corrected chi connectivity index (χ0v) is 21.2. The van der Waals surface area contributed by atoms with Crippen molar-refractivity contribution in [1.29, 1.82) is 0 Å². The average Bonchev–Trinajstić information content (AvgIpc) is 3.30. The minimum Gasteiger partial charge on any atom is -0.493 e. The van der Waals surface area contributed by atoms with E-state index >= 15 is 0 Å². The van der Waals surface area contributed by atoms with E-state index < -0.39 is 0 Å². The third kappa shape index (κ3) is 4.75. The molecule has 0 aliphatic carbocycles. The van der Waals surface area contributed by atoms with E-state index in [0.717, 1.165) is 27.0 Å². The van der Waals surface area contributed by atoms with Crippen molar-refractivity contribution in [2.24, 2.45) is 5.10 Å².